The maximum absolute atomic E-state index is 4.67. The fraction of sp³-hybridized carbons (Fsp3) is 0.474. The first-order chi connectivity index (χ1) is 11.0. The summed E-state index contributed by atoms with van der Waals surface area (Å²) in [4.78, 5) is 11.2. The zero-order valence-corrected chi connectivity index (χ0v) is 14.9. The zero-order chi connectivity index (χ0) is 16.8. The van der Waals surface area contributed by atoms with Gasteiger partial charge in [-0.05, 0) is 36.5 Å². The second kappa shape index (κ2) is 7.95. The fourth-order valence-electron chi connectivity index (χ4n) is 2.57. The van der Waals surface area contributed by atoms with Gasteiger partial charge in [0.15, 0.2) is 0 Å². The first-order valence-corrected chi connectivity index (χ1v) is 8.43. The zero-order valence-electron chi connectivity index (χ0n) is 14.9. The van der Waals surface area contributed by atoms with Crippen LogP contribution in [0.15, 0.2) is 30.5 Å². The van der Waals surface area contributed by atoms with Crippen LogP contribution in [-0.2, 0) is 0 Å². The summed E-state index contributed by atoms with van der Waals surface area (Å²) in [5.74, 6) is 2.07. The number of hydrogen-bond donors (Lipinski definition) is 1. The molecule has 0 saturated carbocycles. The topological polar surface area (TPSA) is 41.1 Å². The molecule has 0 spiro atoms. The van der Waals surface area contributed by atoms with E-state index in [1.807, 2.05) is 19.3 Å². The van der Waals surface area contributed by atoms with Gasteiger partial charge in [-0.1, -0.05) is 45.4 Å². The van der Waals surface area contributed by atoms with Crippen LogP contribution < -0.4 is 10.2 Å². The van der Waals surface area contributed by atoms with Crippen molar-refractivity contribution in [2.45, 2.75) is 46.5 Å². The van der Waals surface area contributed by atoms with Crippen molar-refractivity contribution in [2.75, 3.05) is 23.8 Å². The van der Waals surface area contributed by atoms with Crippen molar-refractivity contribution in [1.29, 1.82) is 0 Å². The summed E-state index contributed by atoms with van der Waals surface area (Å²) in [5, 5.41) is 3.50. The number of nitrogens with zero attached hydrogens (tertiary/aromatic N) is 3. The third-order valence-electron chi connectivity index (χ3n) is 4.01. The van der Waals surface area contributed by atoms with Crippen LogP contribution >= 0.6 is 0 Å². The van der Waals surface area contributed by atoms with Gasteiger partial charge in [0.25, 0.3) is 0 Å². The molecule has 0 aliphatic heterocycles. The van der Waals surface area contributed by atoms with Crippen LogP contribution in [-0.4, -0.2) is 23.6 Å². The molecule has 1 aromatic carbocycles. The molecule has 4 nitrogen and oxygen atoms in total. The molecule has 0 aliphatic rings. The van der Waals surface area contributed by atoms with Crippen LogP contribution in [0.1, 0.15) is 50.7 Å². The Morgan fingerprint density at radius 1 is 1.22 bits per heavy atom. The summed E-state index contributed by atoms with van der Waals surface area (Å²) in [6, 6.07) is 8.34. The third kappa shape index (κ3) is 4.44. The van der Waals surface area contributed by atoms with Gasteiger partial charge in [-0.2, -0.15) is 4.98 Å². The molecule has 0 bridgehead atoms. The number of unbranched alkanes of at least 4 members (excludes halogenated alkanes) is 1. The first-order valence-electron chi connectivity index (χ1n) is 8.43. The predicted octanol–water partition coefficient (Wildman–Crippen LogP) is 4.89. The van der Waals surface area contributed by atoms with Crippen molar-refractivity contribution in [3.63, 3.8) is 0 Å². The molecule has 0 atom stereocenters. The van der Waals surface area contributed by atoms with Crippen molar-refractivity contribution in [1.82, 2.24) is 9.97 Å². The van der Waals surface area contributed by atoms with Crippen molar-refractivity contribution in [3.8, 4) is 0 Å². The van der Waals surface area contributed by atoms with E-state index in [2.05, 4.69) is 66.1 Å². The fourth-order valence-corrected chi connectivity index (χ4v) is 2.57. The Morgan fingerprint density at radius 3 is 2.70 bits per heavy atom. The number of hydrogen-bond acceptors (Lipinski definition) is 4. The smallest absolute Gasteiger partial charge is 0.227 e. The lowest BCUT2D eigenvalue weighted by atomic mass is 9.98. The van der Waals surface area contributed by atoms with Crippen LogP contribution in [0.2, 0.25) is 0 Å². The Morgan fingerprint density at radius 2 is 2.00 bits per heavy atom. The average molecular weight is 312 g/mol. The molecule has 1 N–H and O–H groups in total. The molecule has 4 heteroatoms. The van der Waals surface area contributed by atoms with Crippen LogP contribution in [0.3, 0.4) is 0 Å². The summed E-state index contributed by atoms with van der Waals surface area (Å²) in [6.07, 6.45) is 4.14. The summed E-state index contributed by atoms with van der Waals surface area (Å²) in [7, 11) is 2.04. The summed E-state index contributed by atoms with van der Waals surface area (Å²) in [6.45, 7) is 9.72. The van der Waals surface area contributed by atoms with Crippen molar-refractivity contribution >= 4 is 17.5 Å². The molecule has 124 valence electrons. The second-order valence-corrected chi connectivity index (χ2v) is 6.34. The number of rotatable bonds is 7. The van der Waals surface area contributed by atoms with Gasteiger partial charge in [0, 0.05) is 25.5 Å². The van der Waals surface area contributed by atoms with Gasteiger partial charge in [-0.15, -0.1) is 0 Å². The van der Waals surface area contributed by atoms with E-state index in [1.54, 1.807) is 0 Å². The van der Waals surface area contributed by atoms with Crippen molar-refractivity contribution in [2.24, 2.45) is 0 Å². The van der Waals surface area contributed by atoms with Gasteiger partial charge in [-0.25, -0.2) is 4.98 Å². The van der Waals surface area contributed by atoms with Crippen LogP contribution in [0.5, 0.6) is 0 Å². The molecule has 0 saturated heterocycles. The molecule has 1 heterocycles. The molecule has 0 unspecified atom stereocenters. The summed E-state index contributed by atoms with van der Waals surface area (Å²) >= 11 is 0. The van der Waals surface area contributed by atoms with Gasteiger partial charge in [0.2, 0.25) is 5.95 Å². The highest BCUT2D eigenvalue weighted by molar-refractivity contribution is 5.65. The second-order valence-electron chi connectivity index (χ2n) is 6.34. The van der Waals surface area contributed by atoms with E-state index < -0.39 is 0 Å². The highest BCUT2D eigenvalue weighted by Gasteiger charge is 2.11. The lowest BCUT2D eigenvalue weighted by Crippen LogP contribution is -2.21. The molecular formula is C19H28N4. The number of anilines is 3. The highest BCUT2D eigenvalue weighted by atomic mass is 15.2. The molecule has 0 aliphatic carbocycles. The summed E-state index contributed by atoms with van der Waals surface area (Å²) < 4.78 is 0. The minimum Gasteiger partial charge on any atom is -0.344 e. The number of benzene rings is 1. The van der Waals surface area contributed by atoms with Crippen LogP contribution in [0, 0.1) is 6.92 Å². The Bertz CT molecular complexity index is 637. The van der Waals surface area contributed by atoms with E-state index in [0.29, 0.717) is 5.92 Å². The van der Waals surface area contributed by atoms with E-state index in [1.165, 1.54) is 17.5 Å². The molecule has 23 heavy (non-hydrogen) atoms. The van der Waals surface area contributed by atoms with Crippen molar-refractivity contribution in [3.05, 3.63) is 41.6 Å². The lowest BCUT2D eigenvalue weighted by molar-refractivity contribution is 0.750. The van der Waals surface area contributed by atoms with Crippen LogP contribution in [0.4, 0.5) is 17.5 Å². The van der Waals surface area contributed by atoms with E-state index in [-0.39, 0.29) is 0 Å². The lowest BCUT2D eigenvalue weighted by Gasteiger charge is -2.19. The minimum atomic E-state index is 0.464. The van der Waals surface area contributed by atoms with Gasteiger partial charge < -0.3 is 10.2 Å². The number of aromatic nitrogens is 2. The Balaban J connectivity index is 2.24. The normalized spacial score (nSPS) is 10.9. The maximum Gasteiger partial charge on any atom is 0.227 e. The molecule has 0 amide bonds. The Hall–Kier alpha value is -2.10. The largest absolute Gasteiger partial charge is 0.344 e. The number of aryl methyl sites for hydroxylation is 1. The highest BCUT2D eigenvalue weighted by Crippen LogP contribution is 2.29. The van der Waals surface area contributed by atoms with Crippen LogP contribution in [0.25, 0.3) is 0 Å². The monoisotopic (exact) mass is 312 g/mol. The SMILES string of the molecule is CCCCN(C)c1nccc(Nc2c(C)cccc2C(C)C)n1. The van der Waals surface area contributed by atoms with Crippen molar-refractivity contribution < 1.29 is 0 Å². The van der Waals surface area contributed by atoms with E-state index in [0.717, 1.165) is 30.4 Å². The molecular weight excluding hydrogens is 284 g/mol. The van der Waals surface area contributed by atoms with Gasteiger partial charge in [0.1, 0.15) is 5.82 Å². The van der Waals surface area contributed by atoms with E-state index in [9.17, 15) is 0 Å². The Labute approximate surface area is 140 Å². The molecule has 2 rings (SSSR count). The number of nitrogens with one attached hydrogen (secondary N) is 1. The van der Waals surface area contributed by atoms with Gasteiger partial charge in [0.05, 0.1) is 0 Å². The quantitative estimate of drug-likeness (QED) is 0.790. The standard InChI is InChI=1S/C19H28N4/c1-6-7-13-23(5)19-20-12-11-17(22-19)21-18-15(4)9-8-10-16(18)14(2)3/h8-12,14H,6-7,13H2,1-5H3,(H,20,21,22). The maximum atomic E-state index is 4.67. The van der Waals surface area contributed by atoms with Gasteiger partial charge >= 0.3 is 0 Å². The molecule has 2 aromatic rings. The van der Waals surface area contributed by atoms with E-state index >= 15 is 0 Å². The minimum absolute atomic E-state index is 0.464. The van der Waals surface area contributed by atoms with Gasteiger partial charge in [-0.3, -0.25) is 0 Å². The first kappa shape index (κ1) is 17.3. The Kier molecular flexibility index (Phi) is 5.97. The number of para-hydroxylation sites is 1. The molecule has 1 aromatic heterocycles. The van der Waals surface area contributed by atoms with E-state index in [4.69, 9.17) is 0 Å². The average Bonchev–Trinajstić information content (AvgIpc) is 2.54. The third-order valence-corrected chi connectivity index (χ3v) is 4.01. The molecule has 0 radical (unpaired) electrons. The predicted molar refractivity (Wildman–Crippen MR) is 98.8 cm³/mol. The molecule has 0 fully saturated rings. The summed E-state index contributed by atoms with van der Waals surface area (Å²) in [5.41, 5.74) is 3.70.